The molecule has 0 aromatic heterocycles. The maximum Gasteiger partial charge on any atom is 0.313 e. The van der Waals surface area contributed by atoms with Crippen LogP contribution in [0.3, 0.4) is 0 Å². The number of carbonyl (C=O) groups is 2. The summed E-state index contributed by atoms with van der Waals surface area (Å²) in [6.07, 6.45) is 0. The van der Waals surface area contributed by atoms with Gasteiger partial charge in [-0.25, -0.2) is 0 Å². The normalized spacial score (nSPS) is 10.7. The molecule has 0 aliphatic heterocycles. The molecule has 27 heavy (non-hydrogen) atoms. The molecule has 2 N–H and O–H groups in total. The smallest absolute Gasteiger partial charge is 0.313 e. The van der Waals surface area contributed by atoms with E-state index in [1.165, 1.54) is 0 Å². The van der Waals surface area contributed by atoms with Gasteiger partial charge in [-0.15, -0.1) is 0 Å². The molecule has 0 heterocycles. The van der Waals surface area contributed by atoms with E-state index < -0.39 is 11.8 Å². The first-order chi connectivity index (χ1) is 13.2. The lowest BCUT2D eigenvalue weighted by atomic mass is 10.0. The Bertz CT molecular complexity index is 1080. The van der Waals surface area contributed by atoms with Crippen molar-refractivity contribution >= 4 is 39.0 Å². The first-order valence-electron chi connectivity index (χ1n) is 8.76. The number of carbonyl (C=O) groups excluding carboxylic acids is 2. The molecule has 4 aromatic carbocycles. The van der Waals surface area contributed by atoms with Crippen molar-refractivity contribution in [3.05, 3.63) is 90.5 Å². The summed E-state index contributed by atoms with van der Waals surface area (Å²) < 4.78 is 0. The summed E-state index contributed by atoms with van der Waals surface area (Å²) in [5.41, 5.74) is 1.60. The number of amides is 2. The van der Waals surface area contributed by atoms with Gasteiger partial charge in [0.15, 0.2) is 0 Å². The van der Waals surface area contributed by atoms with Crippen molar-refractivity contribution in [3.8, 4) is 0 Å². The fourth-order valence-electron chi connectivity index (χ4n) is 3.18. The predicted molar refractivity (Wildman–Crippen MR) is 108 cm³/mol. The van der Waals surface area contributed by atoms with E-state index in [0.29, 0.717) is 12.2 Å². The summed E-state index contributed by atoms with van der Waals surface area (Å²) in [6, 6.07) is 27.2. The van der Waals surface area contributed by atoms with Gasteiger partial charge < -0.3 is 10.6 Å². The lowest BCUT2D eigenvalue weighted by Crippen LogP contribution is -2.35. The van der Waals surface area contributed by atoms with Gasteiger partial charge in [0.05, 0.1) is 5.69 Å². The Balaban J connectivity index is 1.61. The van der Waals surface area contributed by atoms with Gasteiger partial charge in [0.25, 0.3) is 0 Å². The number of nitrogens with one attached hydrogen (secondary N) is 2. The molecule has 0 bridgehead atoms. The molecular weight excluding hydrogens is 336 g/mol. The molecule has 0 aliphatic carbocycles. The molecule has 0 unspecified atom stereocenters. The van der Waals surface area contributed by atoms with Crippen LogP contribution in [0.4, 0.5) is 5.69 Å². The van der Waals surface area contributed by atoms with Gasteiger partial charge >= 0.3 is 11.8 Å². The van der Waals surface area contributed by atoms with Crippen molar-refractivity contribution in [1.82, 2.24) is 5.32 Å². The molecule has 0 atom stereocenters. The van der Waals surface area contributed by atoms with Crippen LogP contribution in [0.15, 0.2) is 84.9 Å². The summed E-state index contributed by atoms with van der Waals surface area (Å²) in [5.74, 6) is -1.33. The second kappa shape index (κ2) is 7.30. The van der Waals surface area contributed by atoms with Crippen LogP contribution in [0.25, 0.3) is 21.5 Å². The number of hydrogen-bond donors (Lipinski definition) is 2. The Morgan fingerprint density at radius 2 is 1.22 bits per heavy atom. The lowest BCUT2D eigenvalue weighted by Gasteiger charge is -2.13. The third-order valence-corrected chi connectivity index (χ3v) is 4.51. The van der Waals surface area contributed by atoms with E-state index in [9.17, 15) is 9.59 Å². The van der Waals surface area contributed by atoms with Crippen LogP contribution in [-0.2, 0) is 16.1 Å². The third kappa shape index (κ3) is 3.51. The van der Waals surface area contributed by atoms with Crippen LogP contribution in [0, 0.1) is 0 Å². The first-order valence-corrected chi connectivity index (χ1v) is 8.76. The molecule has 4 aromatic rings. The molecule has 0 radical (unpaired) electrons. The zero-order valence-electron chi connectivity index (χ0n) is 14.6. The molecule has 0 saturated carbocycles. The van der Waals surface area contributed by atoms with Crippen LogP contribution >= 0.6 is 0 Å². The summed E-state index contributed by atoms with van der Waals surface area (Å²) in [4.78, 5) is 24.8. The van der Waals surface area contributed by atoms with E-state index in [2.05, 4.69) is 16.7 Å². The fraction of sp³-hybridized carbons (Fsp3) is 0.0435. The standard InChI is InChI=1S/C23H18N2O2/c26-22(24-15-16-8-2-1-3-9-16)23(27)25-21-19-12-6-4-10-17(19)14-18-11-5-7-13-20(18)21/h1-14H,15H2,(H,24,26)(H,25,27). The maximum atomic E-state index is 12.5. The average molecular weight is 354 g/mol. The van der Waals surface area contributed by atoms with Gasteiger partial charge in [-0.2, -0.15) is 0 Å². The molecule has 4 rings (SSSR count). The SMILES string of the molecule is O=C(NCc1ccccc1)C(=O)Nc1c2ccccc2cc2ccccc12. The first kappa shape index (κ1) is 16.8. The van der Waals surface area contributed by atoms with Gasteiger partial charge in [-0.05, 0) is 22.4 Å². The summed E-state index contributed by atoms with van der Waals surface area (Å²) in [7, 11) is 0. The van der Waals surface area contributed by atoms with E-state index in [1.807, 2.05) is 78.9 Å². The molecule has 0 spiro atoms. The van der Waals surface area contributed by atoms with E-state index in [0.717, 1.165) is 27.1 Å². The monoisotopic (exact) mass is 354 g/mol. The molecule has 4 nitrogen and oxygen atoms in total. The Labute approximate surface area is 156 Å². The van der Waals surface area contributed by atoms with Gasteiger partial charge in [0.2, 0.25) is 0 Å². The maximum absolute atomic E-state index is 12.5. The highest BCUT2D eigenvalue weighted by molar-refractivity contribution is 6.41. The molecule has 0 fully saturated rings. The Morgan fingerprint density at radius 3 is 1.85 bits per heavy atom. The minimum atomic E-state index is -0.674. The Hall–Kier alpha value is -3.66. The van der Waals surface area contributed by atoms with Crippen molar-refractivity contribution in [2.45, 2.75) is 6.54 Å². The van der Waals surface area contributed by atoms with Crippen molar-refractivity contribution in [3.63, 3.8) is 0 Å². The summed E-state index contributed by atoms with van der Waals surface area (Å²) >= 11 is 0. The molecule has 4 heteroatoms. The number of rotatable bonds is 3. The second-order valence-corrected chi connectivity index (χ2v) is 6.32. The minimum Gasteiger partial charge on any atom is -0.344 e. The van der Waals surface area contributed by atoms with Crippen LogP contribution in [0.5, 0.6) is 0 Å². The van der Waals surface area contributed by atoms with E-state index in [1.54, 1.807) is 0 Å². The predicted octanol–water partition coefficient (Wildman–Crippen LogP) is 4.25. The second-order valence-electron chi connectivity index (χ2n) is 6.32. The van der Waals surface area contributed by atoms with E-state index in [4.69, 9.17) is 0 Å². The van der Waals surface area contributed by atoms with Crippen molar-refractivity contribution in [2.75, 3.05) is 5.32 Å². The Morgan fingerprint density at radius 1 is 0.667 bits per heavy atom. The van der Waals surface area contributed by atoms with Crippen LogP contribution < -0.4 is 10.6 Å². The quantitative estimate of drug-likeness (QED) is 0.427. The van der Waals surface area contributed by atoms with Gasteiger partial charge in [0.1, 0.15) is 0 Å². The minimum absolute atomic E-state index is 0.309. The largest absolute Gasteiger partial charge is 0.344 e. The molecular formula is C23H18N2O2. The topological polar surface area (TPSA) is 58.2 Å². The van der Waals surface area contributed by atoms with Gasteiger partial charge in [0, 0.05) is 17.3 Å². The molecule has 0 saturated heterocycles. The molecule has 132 valence electrons. The number of benzene rings is 4. The van der Waals surface area contributed by atoms with E-state index in [-0.39, 0.29) is 0 Å². The number of fused-ring (bicyclic) bond motifs is 2. The number of hydrogen-bond acceptors (Lipinski definition) is 2. The highest BCUT2D eigenvalue weighted by atomic mass is 16.2. The summed E-state index contributed by atoms with van der Waals surface area (Å²) in [5, 5.41) is 9.30. The lowest BCUT2D eigenvalue weighted by molar-refractivity contribution is -0.136. The average Bonchev–Trinajstić information content (AvgIpc) is 2.72. The Kier molecular flexibility index (Phi) is 4.54. The van der Waals surface area contributed by atoms with Crippen molar-refractivity contribution in [2.24, 2.45) is 0 Å². The molecule has 0 aliphatic rings. The fourth-order valence-corrected chi connectivity index (χ4v) is 3.18. The van der Waals surface area contributed by atoms with Gasteiger partial charge in [-0.3, -0.25) is 9.59 Å². The third-order valence-electron chi connectivity index (χ3n) is 4.51. The van der Waals surface area contributed by atoms with Crippen molar-refractivity contribution < 1.29 is 9.59 Å². The number of anilines is 1. The van der Waals surface area contributed by atoms with Crippen LogP contribution in [0.1, 0.15) is 5.56 Å². The molecule has 2 amide bonds. The van der Waals surface area contributed by atoms with Crippen molar-refractivity contribution in [1.29, 1.82) is 0 Å². The van der Waals surface area contributed by atoms with Crippen LogP contribution in [0.2, 0.25) is 0 Å². The highest BCUT2D eigenvalue weighted by Crippen LogP contribution is 2.32. The summed E-state index contributed by atoms with van der Waals surface area (Å²) in [6.45, 7) is 0.309. The van der Waals surface area contributed by atoms with E-state index >= 15 is 0 Å². The zero-order valence-corrected chi connectivity index (χ0v) is 14.6. The zero-order chi connectivity index (χ0) is 18.6. The van der Waals surface area contributed by atoms with Crippen LogP contribution in [-0.4, -0.2) is 11.8 Å². The highest BCUT2D eigenvalue weighted by Gasteiger charge is 2.16. The van der Waals surface area contributed by atoms with Gasteiger partial charge in [-0.1, -0.05) is 78.9 Å².